The van der Waals surface area contributed by atoms with Gasteiger partial charge in [-0.1, -0.05) is 22.9 Å². The number of rotatable bonds is 9. The minimum absolute atomic E-state index is 0.0472. The molecule has 0 aliphatic carbocycles. The van der Waals surface area contributed by atoms with Crippen LogP contribution in [0.4, 0.5) is 4.39 Å². The minimum atomic E-state index is -3.75. The molecule has 1 aromatic heterocycles. The third kappa shape index (κ3) is 7.02. The van der Waals surface area contributed by atoms with Crippen molar-refractivity contribution in [3.63, 3.8) is 0 Å². The largest absolute Gasteiger partial charge is 0.341 e. The number of benzene rings is 2. The lowest BCUT2D eigenvalue weighted by molar-refractivity contribution is -0.130. The van der Waals surface area contributed by atoms with Crippen molar-refractivity contribution in [2.75, 3.05) is 32.7 Å². The molecular weight excluding hydrogens is 579 g/mol. The molecule has 228 valence electrons. The minimum Gasteiger partial charge on any atom is -0.341 e. The lowest BCUT2D eigenvalue weighted by Crippen LogP contribution is -2.37. The smallest absolute Gasteiger partial charge is 0.241 e. The van der Waals surface area contributed by atoms with Crippen LogP contribution in [0, 0.1) is 40.4 Å². The van der Waals surface area contributed by atoms with Crippen molar-refractivity contribution < 1.29 is 17.6 Å². The second-order valence-electron chi connectivity index (χ2n) is 11.1. The normalized spacial score (nSPS) is 15.6. The second kappa shape index (κ2) is 13.2. The monoisotopic (exact) mass is 618 g/mol. The van der Waals surface area contributed by atoms with Gasteiger partial charge >= 0.3 is 0 Å². The molecular formula is C30H40ClFN6O3S. The Morgan fingerprint density at radius 3 is 2.36 bits per heavy atom. The van der Waals surface area contributed by atoms with Gasteiger partial charge in [0, 0.05) is 50.7 Å². The Hall–Kier alpha value is -2.86. The zero-order chi connectivity index (χ0) is 30.8. The molecule has 1 fully saturated rings. The Kier molecular flexibility index (Phi) is 10.1. The fraction of sp³-hybridized carbons (Fsp3) is 0.500. The Labute approximate surface area is 253 Å². The number of nitrogens with zero attached hydrogens (tertiary/aromatic N) is 5. The van der Waals surface area contributed by atoms with E-state index >= 15 is 0 Å². The van der Waals surface area contributed by atoms with Gasteiger partial charge in [0.05, 0.1) is 22.8 Å². The molecule has 9 nitrogen and oxygen atoms in total. The van der Waals surface area contributed by atoms with Gasteiger partial charge in [0.15, 0.2) is 0 Å². The molecule has 1 aliphatic heterocycles. The van der Waals surface area contributed by atoms with Crippen molar-refractivity contribution in [3.05, 3.63) is 74.3 Å². The van der Waals surface area contributed by atoms with Crippen molar-refractivity contribution in [1.82, 2.24) is 29.5 Å². The number of nitrogens with one attached hydrogen (secondary N) is 1. The van der Waals surface area contributed by atoms with E-state index < -0.39 is 10.0 Å². The lowest BCUT2D eigenvalue weighted by Gasteiger charge is -2.22. The molecule has 12 heteroatoms. The number of sulfonamides is 1. The van der Waals surface area contributed by atoms with Crippen LogP contribution in [0.5, 0.6) is 0 Å². The number of hydrogen-bond acceptors (Lipinski definition) is 6. The highest BCUT2D eigenvalue weighted by molar-refractivity contribution is 7.89. The van der Waals surface area contributed by atoms with Gasteiger partial charge in [-0.15, -0.1) is 5.10 Å². The van der Waals surface area contributed by atoms with Gasteiger partial charge in [0.1, 0.15) is 5.82 Å². The van der Waals surface area contributed by atoms with Crippen LogP contribution < -0.4 is 4.72 Å². The van der Waals surface area contributed by atoms with Crippen molar-refractivity contribution >= 4 is 27.5 Å². The average molecular weight is 619 g/mol. The van der Waals surface area contributed by atoms with Gasteiger partial charge in [0.2, 0.25) is 15.9 Å². The molecule has 2 heterocycles. The predicted octanol–water partition coefficient (Wildman–Crippen LogP) is 4.62. The summed E-state index contributed by atoms with van der Waals surface area (Å²) in [7, 11) is -3.75. The molecule has 4 rings (SSSR count). The Morgan fingerprint density at radius 1 is 1.02 bits per heavy atom. The van der Waals surface area contributed by atoms with Crippen LogP contribution in [0.3, 0.4) is 0 Å². The first kappa shape index (κ1) is 32.1. The summed E-state index contributed by atoms with van der Waals surface area (Å²) in [6, 6.07) is 4.11. The van der Waals surface area contributed by atoms with Gasteiger partial charge < -0.3 is 4.90 Å². The maximum Gasteiger partial charge on any atom is 0.241 e. The number of hydrogen-bond donors (Lipinski definition) is 1. The molecule has 0 saturated carbocycles. The van der Waals surface area contributed by atoms with Crippen molar-refractivity contribution in [1.29, 1.82) is 0 Å². The van der Waals surface area contributed by atoms with Gasteiger partial charge in [0.25, 0.3) is 0 Å². The SMILES string of the molecule is Cc1c(C)c(C)c(S(=O)(=O)NCCC(=O)N2CCCN(Cc3cn([C@@H](C)c4ccc(F)cc4Cl)nn3)CC2)c(C)c1C. The summed E-state index contributed by atoms with van der Waals surface area (Å²) in [5.74, 6) is -0.456. The Balaban J connectivity index is 1.30. The summed E-state index contributed by atoms with van der Waals surface area (Å²) < 4.78 is 44.2. The summed E-state index contributed by atoms with van der Waals surface area (Å²) in [6.07, 6.45) is 2.76. The molecule has 1 amide bonds. The van der Waals surface area contributed by atoms with E-state index in [0.717, 1.165) is 52.0 Å². The molecule has 3 aromatic rings. The van der Waals surface area contributed by atoms with Crippen molar-refractivity contribution in [3.8, 4) is 0 Å². The zero-order valence-electron chi connectivity index (χ0n) is 25.2. The van der Waals surface area contributed by atoms with Crippen molar-refractivity contribution in [2.45, 2.75) is 71.9 Å². The highest BCUT2D eigenvalue weighted by Gasteiger charge is 2.25. The van der Waals surface area contributed by atoms with Gasteiger partial charge in [-0.25, -0.2) is 22.2 Å². The third-order valence-electron chi connectivity index (χ3n) is 8.52. The molecule has 42 heavy (non-hydrogen) atoms. The van der Waals surface area contributed by atoms with Crippen LogP contribution in [0.1, 0.15) is 64.9 Å². The molecule has 2 aromatic carbocycles. The number of carbonyl (C=O) groups excluding carboxylic acids is 1. The molecule has 1 N–H and O–H groups in total. The maximum atomic E-state index is 13.4. The first-order valence-corrected chi connectivity index (χ1v) is 16.1. The van der Waals surface area contributed by atoms with E-state index in [4.69, 9.17) is 11.6 Å². The van der Waals surface area contributed by atoms with E-state index in [9.17, 15) is 17.6 Å². The number of amides is 1. The van der Waals surface area contributed by atoms with Crippen LogP contribution in [-0.4, -0.2) is 71.8 Å². The maximum absolute atomic E-state index is 13.4. The summed E-state index contributed by atoms with van der Waals surface area (Å²) in [5, 5.41) is 8.91. The topological polar surface area (TPSA) is 100 Å². The number of carbonyl (C=O) groups is 1. The molecule has 0 bridgehead atoms. The van der Waals surface area contributed by atoms with Crippen LogP contribution in [0.25, 0.3) is 0 Å². The standard InChI is InChI=1S/C30H40ClFN6O3S/c1-19-20(2)22(4)30(23(5)21(19)3)42(40,41)33-11-10-29(39)37-13-7-12-36(14-15-37)17-26-18-38(35-34-26)24(6)27-9-8-25(32)16-28(27)31/h8-9,16,18,24,33H,7,10-15,17H2,1-6H3/t24-/m0/s1. The average Bonchev–Trinajstić information content (AvgIpc) is 3.27. The fourth-order valence-corrected chi connectivity index (χ4v) is 7.51. The van der Waals surface area contributed by atoms with E-state index in [-0.39, 0.29) is 30.7 Å². The second-order valence-corrected chi connectivity index (χ2v) is 13.3. The first-order chi connectivity index (χ1) is 19.8. The third-order valence-corrected chi connectivity index (χ3v) is 10.6. The summed E-state index contributed by atoms with van der Waals surface area (Å²) in [5.41, 5.74) is 6.09. The fourth-order valence-electron chi connectivity index (χ4n) is 5.56. The highest BCUT2D eigenvalue weighted by atomic mass is 35.5. The first-order valence-electron chi connectivity index (χ1n) is 14.2. The summed E-state index contributed by atoms with van der Waals surface area (Å²) in [6.45, 7) is 14.7. The molecule has 0 unspecified atom stereocenters. The quantitative estimate of drug-likeness (QED) is 0.376. The molecule has 1 atom stereocenters. The van der Waals surface area contributed by atoms with Crippen LogP contribution in [0.15, 0.2) is 29.3 Å². The van der Waals surface area contributed by atoms with Crippen LogP contribution in [-0.2, 0) is 21.4 Å². The molecule has 1 aliphatic rings. The van der Waals surface area contributed by atoms with E-state index in [1.165, 1.54) is 12.1 Å². The highest BCUT2D eigenvalue weighted by Crippen LogP contribution is 2.29. The van der Waals surface area contributed by atoms with Crippen LogP contribution in [0.2, 0.25) is 5.02 Å². The van der Waals surface area contributed by atoms with E-state index in [1.54, 1.807) is 15.6 Å². The molecule has 1 saturated heterocycles. The molecule has 0 radical (unpaired) electrons. The van der Waals surface area contributed by atoms with Gasteiger partial charge in [-0.05, 0) is 93.5 Å². The van der Waals surface area contributed by atoms with Crippen LogP contribution >= 0.6 is 11.6 Å². The number of halogens is 2. The Bertz CT molecular complexity index is 1550. The Morgan fingerprint density at radius 2 is 1.69 bits per heavy atom. The molecule has 0 spiro atoms. The van der Waals surface area contributed by atoms with E-state index in [1.807, 2.05) is 47.7 Å². The summed E-state index contributed by atoms with van der Waals surface area (Å²) in [4.78, 5) is 17.3. The lowest BCUT2D eigenvalue weighted by atomic mass is 9.95. The predicted molar refractivity (Wildman–Crippen MR) is 162 cm³/mol. The van der Waals surface area contributed by atoms with Gasteiger partial charge in [-0.3, -0.25) is 9.69 Å². The van der Waals surface area contributed by atoms with Crippen molar-refractivity contribution in [2.24, 2.45) is 0 Å². The van der Waals surface area contributed by atoms with Gasteiger partial charge in [-0.2, -0.15) is 0 Å². The summed E-state index contributed by atoms with van der Waals surface area (Å²) >= 11 is 6.23. The van der Waals surface area contributed by atoms with E-state index in [0.29, 0.717) is 36.1 Å². The zero-order valence-corrected chi connectivity index (χ0v) is 26.7. The van der Waals surface area contributed by atoms with E-state index in [2.05, 4.69) is 19.9 Å². The number of aromatic nitrogens is 3.